The van der Waals surface area contributed by atoms with Gasteiger partial charge in [-0.1, -0.05) is 176 Å². The normalized spacial score (nSPS) is 11.5. The quantitative estimate of drug-likeness (QED) is 0.160. The van der Waals surface area contributed by atoms with E-state index in [0.29, 0.717) is 35.2 Å². The molecule has 0 aliphatic heterocycles. The van der Waals surface area contributed by atoms with Crippen LogP contribution < -0.4 is 0 Å². The molecule has 4 heterocycles. The van der Waals surface area contributed by atoms with Crippen LogP contribution in [-0.4, -0.2) is 39.0 Å². The van der Waals surface area contributed by atoms with Gasteiger partial charge in [-0.25, -0.2) is 9.97 Å². The van der Waals surface area contributed by atoms with Gasteiger partial charge in [0.1, 0.15) is 0 Å². The molecule has 0 N–H and O–H groups in total. The first kappa shape index (κ1) is 35.3. The molecule has 0 fully saturated rings. The van der Waals surface area contributed by atoms with Crippen molar-refractivity contribution in [3.8, 4) is 68.6 Å². The predicted octanol–water partition coefficient (Wildman–Crippen LogP) is 12.6. The van der Waals surface area contributed by atoms with Crippen LogP contribution in [0.5, 0.6) is 0 Å². The molecule has 0 unspecified atom stereocenters. The molecule has 0 saturated carbocycles. The second-order valence-electron chi connectivity index (χ2n) is 15.2. The van der Waals surface area contributed by atoms with Crippen molar-refractivity contribution in [2.75, 3.05) is 0 Å². The molecule has 8 aromatic carbocycles. The van der Waals surface area contributed by atoms with Gasteiger partial charge in [0.2, 0.25) is 11.9 Å². The Labute approximate surface area is 356 Å². The highest BCUT2D eigenvalue weighted by Gasteiger charge is 2.21. The van der Waals surface area contributed by atoms with Gasteiger partial charge in [0.15, 0.2) is 23.3 Å². The smallest absolute Gasteiger partial charge is 0.238 e. The second kappa shape index (κ2) is 14.6. The number of nitrogens with zero attached hydrogens (tertiary/aromatic N) is 8. The molecule has 62 heavy (non-hydrogen) atoms. The maximum Gasteiger partial charge on any atom is 0.238 e. The van der Waals surface area contributed by atoms with Crippen LogP contribution in [0.25, 0.3) is 112 Å². The van der Waals surface area contributed by atoms with E-state index in [0.717, 1.165) is 77.0 Å². The molecular formula is C54H34N8. The molecule has 8 nitrogen and oxygen atoms in total. The van der Waals surface area contributed by atoms with Crippen molar-refractivity contribution in [3.05, 3.63) is 206 Å². The van der Waals surface area contributed by atoms with E-state index in [9.17, 15) is 0 Å². The molecule has 0 aliphatic rings. The highest BCUT2D eigenvalue weighted by molar-refractivity contribution is 6.12. The number of para-hydroxylation sites is 2. The molecule has 0 bridgehead atoms. The maximum absolute atomic E-state index is 5.15. The summed E-state index contributed by atoms with van der Waals surface area (Å²) in [5.41, 5.74) is 9.88. The Hall–Kier alpha value is -8.62. The molecule has 290 valence electrons. The van der Waals surface area contributed by atoms with Gasteiger partial charge in [-0.3, -0.25) is 9.13 Å². The number of aromatic nitrogens is 8. The van der Waals surface area contributed by atoms with Crippen LogP contribution >= 0.6 is 0 Å². The minimum atomic E-state index is 0.557. The molecule has 0 atom stereocenters. The van der Waals surface area contributed by atoms with E-state index in [4.69, 9.17) is 29.9 Å². The number of rotatable bonds is 7. The summed E-state index contributed by atoms with van der Waals surface area (Å²) in [6, 6.07) is 70.6. The van der Waals surface area contributed by atoms with Crippen molar-refractivity contribution in [2.45, 2.75) is 0 Å². The van der Waals surface area contributed by atoms with E-state index in [-0.39, 0.29) is 0 Å². The lowest BCUT2D eigenvalue weighted by Crippen LogP contribution is -2.06. The van der Waals surface area contributed by atoms with E-state index in [2.05, 4.69) is 94.1 Å². The van der Waals surface area contributed by atoms with Gasteiger partial charge < -0.3 is 0 Å². The van der Waals surface area contributed by atoms with Gasteiger partial charge in [-0.05, 0) is 41.5 Å². The van der Waals surface area contributed by atoms with E-state index in [1.165, 1.54) is 0 Å². The summed E-state index contributed by atoms with van der Waals surface area (Å²) in [6.45, 7) is 0. The van der Waals surface area contributed by atoms with Crippen molar-refractivity contribution in [2.24, 2.45) is 0 Å². The minimum Gasteiger partial charge on any atom is -0.278 e. The van der Waals surface area contributed by atoms with Crippen LogP contribution in [0.2, 0.25) is 0 Å². The van der Waals surface area contributed by atoms with Crippen molar-refractivity contribution in [3.63, 3.8) is 0 Å². The molecule has 0 aliphatic carbocycles. The first-order valence-electron chi connectivity index (χ1n) is 20.5. The largest absolute Gasteiger partial charge is 0.278 e. The fourth-order valence-electron chi connectivity index (χ4n) is 8.53. The Bertz CT molecular complexity index is 3500. The Balaban J connectivity index is 1.05. The lowest BCUT2D eigenvalue weighted by Gasteiger charge is -2.12. The van der Waals surface area contributed by atoms with Gasteiger partial charge in [-0.15, -0.1) is 0 Å². The predicted molar refractivity (Wildman–Crippen MR) is 249 cm³/mol. The monoisotopic (exact) mass is 794 g/mol. The van der Waals surface area contributed by atoms with Gasteiger partial charge in [0.25, 0.3) is 0 Å². The first-order valence-corrected chi connectivity index (χ1v) is 20.5. The lowest BCUT2D eigenvalue weighted by molar-refractivity contribution is 0.953. The van der Waals surface area contributed by atoms with Gasteiger partial charge in [0.05, 0.1) is 22.1 Å². The molecule has 12 aromatic rings. The zero-order valence-electron chi connectivity index (χ0n) is 33.2. The number of benzene rings is 8. The summed E-state index contributed by atoms with van der Waals surface area (Å²) >= 11 is 0. The summed E-state index contributed by atoms with van der Waals surface area (Å²) < 4.78 is 4.33. The Morgan fingerprint density at radius 3 is 1.03 bits per heavy atom. The van der Waals surface area contributed by atoms with Crippen LogP contribution in [0.4, 0.5) is 0 Å². The van der Waals surface area contributed by atoms with Crippen LogP contribution in [0.3, 0.4) is 0 Å². The van der Waals surface area contributed by atoms with Crippen LogP contribution in [0, 0.1) is 0 Å². The van der Waals surface area contributed by atoms with Crippen LogP contribution in [0.15, 0.2) is 206 Å². The van der Waals surface area contributed by atoms with E-state index >= 15 is 0 Å². The molecule has 8 heteroatoms. The van der Waals surface area contributed by atoms with E-state index in [1.54, 1.807) is 0 Å². The highest BCUT2D eigenvalue weighted by Crippen LogP contribution is 2.38. The molecule has 12 rings (SSSR count). The standard InChI is InChI=1S/C54H34N8/c1-5-17-35(18-6-1)49-55-50(36-19-7-2-8-20-36)58-53(57-49)61-46-28-16-14-26-42(46)44-33-39(30-32-47(44)61)40-29-31-43-41-25-13-15-27-45(41)62(48(43)34-40)54-59-51(37-21-9-3-10-22-37)56-52(60-54)38-23-11-4-12-24-38/h1-34H. The topological polar surface area (TPSA) is 87.2 Å². The lowest BCUT2D eigenvalue weighted by atomic mass is 10.0. The third-order valence-electron chi connectivity index (χ3n) is 11.5. The fourth-order valence-corrected chi connectivity index (χ4v) is 8.53. The van der Waals surface area contributed by atoms with Gasteiger partial charge in [-0.2, -0.15) is 19.9 Å². The van der Waals surface area contributed by atoms with Gasteiger partial charge >= 0.3 is 0 Å². The summed E-state index contributed by atoms with van der Waals surface area (Å²) in [5, 5.41) is 4.44. The van der Waals surface area contributed by atoms with Crippen LogP contribution in [-0.2, 0) is 0 Å². The number of fused-ring (bicyclic) bond motifs is 6. The fraction of sp³-hybridized carbons (Fsp3) is 0. The molecule has 0 amide bonds. The number of hydrogen-bond acceptors (Lipinski definition) is 6. The van der Waals surface area contributed by atoms with Crippen LogP contribution in [0.1, 0.15) is 0 Å². The summed E-state index contributed by atoms with van der Waals surface area (Å²) in [7, 11) is 0. The van der Waals surface area contributed by atoms with E-state index < -0.39 is 0 Å². The molecule has 0 spiro atoms. The first-order chi connectivity index (χ1) is 30.7. The third kappa shape index (κ3) is 6.00. The SMILES string of the molecule is c1ccc(-c2nc(-c3ccccc3)nc(-n3c4ccccc4c4cc(-c5ccc6c7ccccc7n(-c7nc(-c8ccccc8)nc(-c8ccccc8)n7)c6c5)ccc43)n2)cc1. The van der Waals surface area contributed by atoms with Gasteiger partial charge in [0, 0.05) is 43.8 Å². The second-order valence-corrected chi connectivity index (χ2v) is 15.2. The summed E-state index contributed by atoms with van der Waals surface area (Å²) in [4.78, 5) is 30.5. The summed E-state index contributed by atoms with van der Waals surface area (Å²) in [6.07, 6.45) is 0. The number of hydrogen-bond donors (Lipinski definition) is 0. The van der Waals surface area contributed by atoms with Crippen molar-refractivity contribution in [1.29, 1.82) is 0 Å². The zero-order chi connectivity index (χ0) is 41.0. The average molecular weight is 795 g/mol. The Kier molecular flexibility index (Phi) is 8.31. The van der Waals surface area contributed by atoms with Crippen molar-refractivity contribution < 1.29 is 0 Å². The molecular weight excluding hydrogens is 761 g/mol. The molecule has 0 radical (unpaired) electrons. The van der Waals surface area contributed by atoms with E-state index in [1.807, 2.05) is 121 Å². The zero-order valence-corrected chi connectivity index (χ0v) is 33.2. The van der Waals surface area contributed by atoms with Crippen molar-refractivity contribution in [1.82, 2.24) is 39.0 Å². The Morgan fingerprint density at radius 2 is 0.565 bits per heavy atom. The van der Waals surface area contributed by atoms with Crippen molar-refractivity contribution >= 4 is 43.6 Å². The highest BCUT2D eigenvalue weighted by atomic mass is 15.2. The summed E-state index contributed by atoms with van der Waals surface area (Å²) in [5.74, 6) is 3.58. The third-order valence-corrected chi connectivity index (χ3v) is 11.5. The average Bonchev–Trinajstić information content (AvgIpc) is 3.87. The maximum atomic E-state index is 5.15. The Morgan fingerprint density at radius 1 is 0.226 bits per heavy atom. The minimum absolute atomic E-state index is 0.557. The molecule has 0 saturated heterocycles. The molecule has 4 aromatic heterocycles.